The van der Waals surface area contributed by atoms with Gasteiger partial charge < -0.3 is 29.5 Å². The lowest BCUT2D eigenvalue weighted by atomic mass is 9.79. The topological polar surface area (TPSA) is 65.4 Å². The van der Waals surface area contributed by atoms with Crippen molar-refractivity contribution in [2.75, 3.05) is 22.9 Å². The Hall–Kier alpha value is -3.24. The van der Waals surface area contributed by atoms with Crippen molar-refractivity contribution in [1.29, 1.82) is 0 Å². The average Bonchev–Trinajstić information content (AvgIpc) is 3.70. The summed E-state index contributed by atoms with van der Waals surface area (Å²) in [6, 6.07) is 14.3. The molecule has 6 rings (SSSR count). The summed E-state index contributed by atoms with van der Waals surface area (Å²) < 4.78 is 75.9. The van der Waals surface area contributed by atoms with E-state index in [1.54, 1.807) is 58.4 Å². The van der Waals surface area contributed by atoms with Gasteiger partial charge in [0.05, 0.1) is 11.4 Å². The van der Waals surface area contributed by atoms with Crippen LogP contribution in [0.1, 0.15) is 117 Å². The van der Waals surface area contributed by atoms with Crippen LogP contribution in [-0.2, 0) is 0 Å². The van der Waals surface area contributed by atoms with E-state index in [4.69, 9.17) is 9.47 Å². The van der Waals surface area contributed by atoms with Gasteiger partial charge in [0.15, 0.2) is 0 Å². The molecule has 2 aromatic carbocycles. The molecular formula is C44H62F4N2O4. The van der Waals surface area contributed by atoms with Gasteiger partial charge in [-0.25, -0.2) is 0 Å². The number of aliphatic hydroxyl groups is 2. The third-order valence-electron chi connectivity index (χ3n) is 12.1. The van der Waals surface area contributed by atoms with Crippen molar-refractivity contribution >= 4 is 11.4 Å². The zero-order valence-corrected chi connectivity index (χ0v) is 32.3. The highest BCUT2D eigenvalue weighted by atomic mass is 19.3. The zero-order chi connectivity index (χ0) is 39.0. The van der Waals surface area contributed by atoms with Crippen LogP contribution in [0.15, 0.2) is 73.8 Å². The zero-order valence-electron chi connectivity index (χ0n) is 32.3. The molecule has 4 aliphatic rings. The first-order valence-corrected chi connectivity index (χ1v) is 20.4. The number of para-hydroxylation sites is 4. The SMILES string of the molecule is C=CCN1c2ccccc2O[C@@]1(CCCC)C(F)(F)[C@@H](O)C1CCCCC1.C=CCN1c2ccccc2O[C@@]1(CCCC)C(F)(F)[C@@H](O)C1CCCCC1. The molecule has 4 atom stereocenters. The van der Waals surface area contributed by atoms with Crippen molar-refractivity contribution in [3.8, 4) is 11.5 Å². The summed E-state index contributed by atoms with van der Waals surface area (Å²) in [5, 5.41) is 21.6. The van der Waals surface area contributed by atoms with E-state index >= 15 is 17.6 Å². The van der Waals surface area contributed by atoms with E-state index in [-0.39, 0.29) is 37.8 Å². The smallest absolute Gasteiger partial charge is 0.331 e. The summed E-state index contributed by atoms with van der Waals surface area (Å²) >= 11 is 0. The van der Waals surface area contributed by atoms with E-state index in [0.717, 1.165) is 51.4 Å². The van der Waals surface area contributed by atoms with Gasteiger partial charge in [-0.2, -0.15) is 17.6 Å². The third kappa shape index (κ3) is 7.89. The van der Waals surface area contributed by atoms with E-state index in [1.807, 2.05) is 26.0 Å². The van der Waals surface area contributed by atoms with E-state index < -0.39 is 35.5 Å². The Morgan fingerprint density at radius 2 is 1.02 bits per heavy atom. The van der Waals surface area contributed by atoms with Gasteiger partial charge in [-0.1, -0.05) is 102 Å². The number of fused-ring (bicyclic) bond motifs is 2. The van der Waals surface area contributed by atoms with E-state index in [1.165, 1.54) is 0 Å². The summed E-state index contributed by atoms with van der Waals surface area (Å²) in [6.45, 7) is 11.9. The molecule has 2 fully saturated rings. The Morgan fingerprint density at radius 3 is 1.35 bits per heavy atom. The molecule has 300 valence electrons. The molecule has 6 nitrogen and oxygen atoms in total. The highest BCUT2D eigenvalue weighted by Gasteiger charge is 2.68. The fraction of sp³-hybridized carbons (Fsp3) is 0.636. The van der Waals surface area contributed by atoms with Crippen molar-refractivity contribution < 1.29 is 37.2 Å². The first kappa shape index (κ1) is 41.9. The van der Waals surface area contributed by atoms with Gasteiger partial charge in [0.1, 0.15) is 23.7 Å². The largest absolute Gasteiger partial charge is 0.459 e. The van der Waals surface area contributed by atoms with Gasteiger partial charge in [-0.05, 0) is 74.6 Å². The number of nitrogens with zero attached hydrogens (tertiary/aromatic N) is 2. The molecule has 0 unspecified atom stereocenters. The first-order valence-electron chi connectivity index (χ1n) is 20.4. The lowest BCUT2D eigenvalue weighted by Crippen LogP contribution is -2.67. The van der Waals surface area contributed by atoms with E-state index in [9.17, 15) is 10.2 Å². The molecule has 2 aromatic rings. The molecule has 0 radical (unpaired) electrons. The fourth-order valence-corrected chi connectivity index (χ4v) is 9.13. The third-order valence-corrected chi connectivity index (χ3v) is 12.1. The number of hydrogen-bond acceptors (Lipinski definition) is 6. The molecule has 10 heteroatoms. The van der Waals surface area contributed by atoms with Crippen LogP contribution in [0.4, 0.5) is 28.9 Å². The van der Waals surface area contributed by atoms with Crippen LogP contribution in [0.2, 0.25) is 0 Å². The summed E-state index contributed by atoms with van der Waals surface area (Å²) in [5.74, 6) is -6.66. The Morgan fingerprint density at radius 1 is 0.667 bits per heavy atom. The Labute approximate surface area is 320 Å². The van der Waals surface area contributed by atoms with E-state index in [2.05, 4.69) is 13.2 Å². The molecule has 0 amide bonds. The second-order valence-electron chi connectivity index (χ2n) is 15.6. The summed E-state index contributed by atoms with van der Waals surface area (Å²) in [6.07, 6.45) is 11.2. The molecule has 2 aliphatic carbocycles. The van der Waals surface area contributed by atoms with Crippen LogP contribution < -0.4 is 19.3 Å². The predicted molar refractivity (Wildman–Crippen MR) is 209 cm³/mol. The van der Waals surface area contributed by atoms with Crippen molar-refractivity contribution in [3.63, 3.8) is 0 Å². The number of alkyl halides is 4. The summed E-state index contributed by atoms with van der Waals surface area (Å²) in [4.78, 5) is 3.22. The second kappa shape index (κ2) is 18.1. The van der Waals surface area contributed by atoms with Gasteiger partial charge in [-0.3, -0.25) is 0 Å². The van der Waals surface area contributed by atoms with Crippen molar-refractivity contribution in [3.05, 3.63) is 73.8 Å². The van der Waals surface area contributed by atoms with Gasteiger partial charge in [0.2, 0.25) is 11.4 Å². The second-order valence-corrected chi connectivity index (χ2v) is 15.6. The van der Waals surface area contributed by atoms with Crippen LogP contribution in [0, 0.1) is 11.8 Å². The Kier molecular flexibility index (Phi) is 14.1. The fourth-order valence-electron chi connectivity index (χ4n) is 9.13. The van der Waals surface area contributed by atoms with Crippen molar-refractivity contribution in [2.24, 2.45) is 11.8 Å². The molecule has 2 aliphatic heterocycles. The van der Waals surface area contributed by atoms with Crippen molar-refractivity contribution in [1.82, 2.24) is 0 Å². The van der Waals surface area contributed by atoms with Gasteiger partial charge in [0, 0.05) is 25.9 Å². The minimum Gasteiger partial charge on any atom is -0.459 e. The Bertz CT molecular complexity index is 1400. The van der Waals surface area contributed by atoms with Gasteiger partial charge in [0.25, 0.3) is 0 Å². The number of anilines is 2. The highest BCUT2D eigenvalue weighted by Crippen LogP contribution is 2.55. The number of benzene rings is 2. The van der Waals surface area contributed by atoms with Crippen LogP contribution in [0.5, 0.6) is 11.5 Å². The normalized spacial score (nSPS) is 24.4. The number of ether oxygens (including phenoxy) is 2. The molecule has 54 heavy (non-hydrogen) atoms. The first-order chi connectivity index (χ1) is 26.0. The lowest BCUT2D eigenvalue weighted by Gasteiger charge is -2.46. The van der Waals surface area contributed by atoms with Crippen molar-refractivity contribution in [2.45, 2.75) is 152 Å². The number of rotatable bonds is 16. The molecule has 2 N–H and O–H groups in total. The van der Waals surface area contributed by atoms with Crippen LogP contribution in [0.25, 0.3) is 0 Å². The monoisotopic (exact) mass is 758 g/mol. The number of hydrogen-bond donors (Lipinski definition) is 2. The molecule has 0 spiro atoms. The van der Waals surface area contributed by atoms with Crippen LogP contribution in [-0.4, -0.2) is 58.8 Å². The van der Waals surface area contributed by atoms with Crippen LogP contribution >= 0.6 is 0 Å². The standard InChI is InChI=1S/2C22H31F2NO2/c2*1-3-5-15-21(22(23,24)20(26)17-11-7-6-8-12-17)25(16-4-2)18-13-9-10-14-19(18)27-21/h2*4,9-10,13-14,17,20,26H,2-3,5-8,11-12,15-16H2,1H3/t2*20-,21-/m00/s1. The minimum atomic E-state index is -3.40. The van der Waals surface area contributed by atoms with E-state index in [0.29, 0.717) is 61.4 Å². The summed E-state index contributed by atoms with van der Waals surface area (Å²) in [5.41, 5.74) is -2.47. The van der Waals surface area contributed by atoms with Gasteiger partial charge >= 0.3 is 11.8 Å². The maximum Gasteiger partial charge on any atom is 0.331 e. The van der Waals surface area contributed by atoms with Gasteiger partial charge in [-0.15, -0.1) is 13.2 Å². The molecule has 0 aromatic heterocycles. The predicted octanol–water partition coefficient (Wildman–Crippen LogP) is 11.1. The Balaban J connectivity index is 0.000000208. The number of halogens is 4. The number of aliphatic hydroxyl groups excluding tert-OH is 2. The highest BCUT2D eigenvalue weighted by molar-refractivity contribution is 5.66. The maximum absolute atomic E-state index is 16.0. The lowest BCUT2D eigenvalue weighted by molar-refractivity contribution is -0.231. The quantitative estimate of drug-likeness (QED) is 0.131. The number of unbranched alkanes of at least 4 members (excludes halogenated alkanes) is 2. The maximum atomic E-state index is 16.0. The molecular weight excluding hydrogens is 696 g/mol. The summed E-state index contributed by atoms with van der Waals surface area (Å²) in [7, 11) is 0. The minimum absolute atomic E-state index is 0.156. The molecule has 0 saturated heterocycles. The molecule has 2 saturated carbocycles. The molecule has 2 heterocycles. The van der Waals surface area contributed by atoms with Crippen LogP contribution in [0.3, 0.4) is 0 Å². The molecule has 0 bridgehead atoms. The average molecular weight is 759 g/mol.